The zero-order valence-electron chi connectivity index (χ0n) is 11.3. The van der Waals surface area contributed by atoms with Crippen molar-refractivity contribution in [3.8, 4) is 5.75 Å². The minimum Gasteiger partial charge on any atom is -0.471 e. The number of carbonyl (C=O) groups is 1. The summed E-state index contributed by atoms with van der Waals surface area (Å²) in [6.07, 6.45) is 1.24. The molecule has 0 heterocycles. The molecule has 0 aliphatic rings. The number of para-hydroxylation sites is 1. The van der Waals surface area contributed by atoms with Crippen LogP contribution in [-0.2, 0) is 9.53 Å². The van der Waals surface area contributed by atoms with E-state index < -0.39 is 17.0 Å². The number of halogens is 1. The first kappa shape index (κ1) is 16.4. The Bertz CT molecular complexity index is 492. The van der Waals surface area contributed by atoms with Crippen molar-refractivity contribution in [3.05, 3.63) is 32.8 Å². The van der Waals surface area contributed by atoms with Crippen LogP contribution in [0.4, 0.5) is 5.69 Å². The lowest BCUT2D eigenvalue weighted by molar-refractivity contribution is -0.386. The van der Waals surface area contributed by atoms with Gasteiger partial charge in [-0.1, -0.05) is 19.4 Å². The molecule has 1 aromatic carbocycles. The van der Waals surface area contributed by atoms with E-state index in [0.29, 0.717) is 10.9 Å². The zero-order chi connectivity index (χ0) is 15.1. The van der Waals surface area contributed by atoms with E-state index in [1.807, 2.05) is 6.92 Å². The zero-order valence-corrected chi connectivity index (χ0v) is 12.9. The molecular formula is C13H16BrNO5. The molecule has 1 rings (SSSR count). The summed E-state index contributed by atoms with van der Waals surface area (Å²) in [5.41, 5.74) is -0.190. The van der Waals surface area contributed by atoms with E-state index in [4.69, 9.17) is 4.74 Å². The molecule has 1 aromatic rings. The third-order valence-electron chi connectivity index (χ3n) is 2.69. The third-order valence-corrected chi connectivity index (χ3v) is 3.31. The smallest absolute Gasteiger partial charge is 0.347 e. The van der Waals surface area contributed by atoms with Gasteiger partial charge in [-0.05, 0) is 34.8 Å². The molecule has 1 unspecified atom stereocenters. The number of esters is 1. The largest absolute Gasteiger partial charge is 0.471 e. The number of carbonyl (C=O) groups excluding carboxylic acids is 1. The van der Waals surface area contributed by atoms with Gasteiger partial charge in [-0.3, -0.25) is 10.1 Å². The Labute approximate surface area is 125 Å². The molecule has 1 atom stereocenters. The van der Waals surface area contributed by atoms with Gasteiger partial charge in [0.1, 0.15) is 0 Å². The van der Waals surface area contributed by atoms with Crippen LogP contribution in [-0.4, -0.2) is 24.1 Å². The summed E-state index contributed by atoms with van der Waals surface area (Å²) in [5.74, 6) is -0.493. The minimum atomic E-state index is -0.850. The molecule has 7 heteroatoms. The second-order valence-corrected chi connectivity index (χ2v) is 4.97. The highest BCUT2D eigenvalue weighted by Gasteiger charge is 2.26. The molecule has 0 aliphatic heterocycles. The van der Waals surface area contributed by atoms with Crippen LogP contribution < -0.4 is 4.74 Å². The van der Waals surface area contributed by atoms with Gasteiger partial charge in [-0.2, -0.15) is 0 Å². The summed E-state index contributed by atoms with van der Waals surface area (Å²) in [7, 11) is 1.26. The van der Waals surface area contributed by atoms with Crippen molar-refractivity contribution < 1.29 is 19.2 Å². The fourth-order valence-corrected chi connectivity index (χ4v) is 2.10. The number of hydrogen-bond acceptors (Lipinski definition) is 5. The Hall–Kier alpha value is -1.63. The Kier molecular flexibility index (Phi) is 6.44. The van der Waals surface area contributed by atoms with Crippen LogP contribution in [0.25, 0.3) is 0 Å². The number of nitrogens with zero attached hydrogens (tertiary/aromatic N) is 1. The summed E-state index contributed by atoms with van der Waals surface area (Å²) in [6.45, 7) is 1.98. The maximum atomic E-state index is 11.7. The van der Waals surface area contributed by atoms with Crippen molar-refractivity contribution in [1.82, 2.24) is 0 Å². The number of ether oxygens (including phenoxy) is 2. The summed E-state index contributed by atoms with van der Waals surface area (Å²) in [6, 6.07) is 4.49. The standard InChI is InChI=1S/C13H16BrNO5/c1-3-4-8-11(13(16)19-2)20-12-9(14)6-5-7-10(12)15(17)18/h5-7,11H,3-4,8H2,1-2H3. The molecule has 0 saturated heterocycles. The average molecular weight is 346 g/mol. The predicted octanol–water partition coefficient (Wildman–Crippen LogP) is 3.47. The van der Waals surface area contributed by atoms with Gasteiger partial charge in [0, 0.05) is 6.07 Å². The van der Waals surface area contributed by atoms with E-state index in [0.717, 1.165) is 12.8 Å². The fraction of sp³-hybridized carbons (Fsp3) is 0.462. The molecule has 0 radical (unpaired) electrons. The van der Waals surface area contributed by atoms with Gasteiger partial charge < -0.3 is 9.47 Å². The second kappa shape index (κ2) is 7.84. The van der Waals surface area contributed by atoms with Gasteiger partial charge in [-0.15, -0.1) is 0 Å². The topological polar surface area (TPSA) is 78.7 Å². The van der Waals surface area contributed by atoms with Crippen molar-refractivity contribution in [2.24, 2.45) is 0 Å². The van der Waals surface area contributed by atoms with Crippen LogP contribution in [0.2, 0.25) is 0 Å². The second-order valence-electron chi connectivity index (χ2n) is 4.12. The summed E-state index contributed by atoms with van der Waals surface area (Å²) < 4.78 is 10.6. The number of methoxy groups -OCH3 is 1. The number of rotatable bonds is 7. The molecular weight excluding hydrogens is 330 g/mol. The van der Waals surface area contributed by atoms with Gasteiger partial charge in [0.25, 0.3) is 0 Å². The third kappa shape index (κ3) is 4.19. The van der Waals surface area contributed by atoms with Crippen LogP contribution in [0.3, 0.4) is 0 Å². The minimum absolute atomic E-state index is 0.0454. The van der Waals surface area contributed by atoms with Crippen molar-refractivity contribution in [2.75, 3.05) is 7.11 Å². The number of unbranched alkanes of at least 4 members (excludes halogenated alkanes) is 1. The number of benzene rings is 1. The Morgan fingerprint density at radius 3 is 2.75 bits per heavy atom. The van der Waals surface area contributed by atoms with Crippen LogP contribution in [0.5, 0.6) is 5.75 Å². The highest BCUT2D eigenvalue weighted by molar-refractivity contribution is 9.10. The van der Waals surface area contributed by atoms with Crippen molar-refractivity contribution in [1.29, 1.82) is 0 Å². The molecule has 0 saturated carbocycles. The fourth-order valence-electron chi connectivity index (χ4n) is 1.65. The SMILES string of the molecule is CCCCC(Oc1c(Br)cccc1[N+](=O)[O-])C(=O)OC. The van der Waals surface area contributed by atoms with E-state index in [2.05, 4.69) is 20.7 Å². The first-order chi connectivity index (χ1) is 9.51. The van der Waals surface area contributed by atoms with Crippen LogP contribution >= 0.6 is 15.9 Å². The predicted molar refractivity (Wildman–Crippen MR) is 76.8 cm³/mol. The Morgan fingerprint density at radius 2 is 2.20 bits per heavy atom. The molecule has 6 nitrogen and oxygen atoms in total. The van der Waals surface area contributed by atoms with Crippen molar-refractivity contribution in [2.45, 2.75) is 32.3 Å². The first-order valence-corrected chi connectivity index (χ1v) is 6.98. The molecule has 0 aromatic heterocycles. The van der Waals surface area contributed by atoms with Crippen molar-refractivity contribution in [3.63, 3.8) is 0 Å². The summed E-state index contributed by atoms with van der Waals surface area (Å²) >= 11 is 3.20. The molecule has 0 aliphatic carbocycles. The van der Waals surface area contributed by atoms with Gasteiger partial charge >= 0.3 is 11.7 Å². The quantitative estimate of drug-likeness (QED) is 0.429. The average Bonchev–Trinajstić information content (AvgIpc) is 2.43. The summed E-state index contributed by atoms with van der Waals surface area (Å²) in [4.78, 5) is 22.1. The molecule has 0 amide bonds. The lowest BCUT2D eigenvalue weighted by Crippen LogP contribution is -2.29. The number of nitro groups is 1. The number of hydrogen-bond donors (Lipinski definition) is 0. The maximum Gasteiger partial charge on any atom is 0.347 e. The molecule has 110 valence electrons. The number of nitro benzene ring substituents is 1. The van der Waals surface area contributed by atoms with Crippen LogP contribution in [0.15, 0.2) is 22.7 Å². The lowest BCUT2D eigenvalue weighted by Gasteiger charge is -2.17. The Balaban J connectivity index is 3.03. The van der Waals surface area contributed by atoms with Gasteiger partial charge in [0.2, 0.25) is 5.75 Å². The van der Waals surface area contributed by atoms with Crippen LogP contribution in [0, 0.1) is 10.1 Å². The van der Waals surface area contributed by atoms with E-state index in [1.54, 1.807) is 6.07 Å². The Morgan fingerprint density at radius 1 is 1.50 bits per heavy atom. The molecule has 0 N–H and O–H groups in total. The monoisotopic (exact) mass is 345 g/mol. The van der Waals surface area contributed by atoms with E-state index in [9.17, 15) is 14.9 Å². The lowest BCUT2D eigenvalue weighted by atomic mass is 10.1. The summed E-state index contributed by atoms with van der Waals surface area (Å²) in [5, 5.41) is 11.0. The van der Waals surface area contributed by atoms with Crippen molar-refractivity contribution >= 4 is 27.6 Å². The van der Waals surface area contributed by atoms with E-state index >= 15 is 0 Å². The highest BCUT2D eigenvalue weighted by Crippen LogP contribution is 2.35. The molecule has 0 spiro atoms. The molecule has 0 bridgehead atoms. The normalized spacial score (nSPS) is 11.8. The van der Waals surface area contributed by atoms with Gasteiger partial charge in [-0.25, -0.2) is 4.79 Å². The van der Waals surface area contributed by atoms with Gasteiger partial charge in [0.05, 0.1) is 16.5 Å². The van der Waals surface area contributed by atoms with Crippen LogP contribution in [0.1, 0.15) is 26.2 Å². The maximum absolute atomic E-state index is 11.7. The van der Waals surface area contributed by atoms with Gasteiger partial charge in [0.15, 0.2) is 6.10 Å². The first-order valence-electron chi connectivity index (χ1n) is 6.18. The highest BCUT2D eigenvalue weighted by atomic mass is 79.9. The molecule has 20 heavy (non-hydrogen) atoms. The van der Waals surface area contributed by atoms with E-state index in [1.165, 1.54) is 19.2 Å². The molecule has 0 fully saturated rings. The van der Waals surface area contributed by atoms with E-state index in [-0.39, 0.29) is 11.4 Å².